The molecule has 3 nitrogen and oxygen atoms in total. The molecule has 1 atom stereocenters. The van der Waals surface area contributed by atoms with Crippen LogP contribution in [0.2, 0.25) is 0 Å². The summed E-state index contributed by atoms with van der Waals surface area (Å²) in [6.07, 6.45) is 2.59. The molecule has 2 N–H and O–H groups in total. The Morgan fingerprint density at radius 1 is 1.58 bits per heavy atom. The van der Waals surface area contributed by atoms with E-state index < -0.39 is 0 Å². The average Bonchev–Trinajstić information content (AvgIpc) is 2.40. The van der Waals surface area contributed by atoms with Gasteiger partial charge in [0.2, 0.25) is 0 Å². The Labute approximate surface area is 80.5 Å². The first-order valence-electron chi connectivity index (χ1n) is 4.35. The van der Waals surface area contributed by atoms with Gasteiger partial charge < -0.3 is 15.3 Å². The Kier molecular flexibility index (Phi) is 6.76. The summed E-state index contributed by atoms with van der Waals surface area (Å²) in [7, 11) is 2.05. The minimum atomic E-state index is 0. The fraction of sp³-hybridized carbons (Fsp3) is 1.00. The minimum Gasteiger partial charge on any atom is -0.395 e. The van der Waals surface area contributed by atoms with Crippen LogP contribution in [-0.2, 0) is 0 Å². The van der Waals surface area contributed by atoms with Crippen molar-refractivity contribution in [2.24, 2.45) is 0 Å². The summed E-state index contributed by atoms with van der Waals surface area (Å²) in [5.41, 5.74) is 0. The number of hydrogen-bond acceptors (Lipinski definition) is 3. The Morgan fingerprint density at radius 2 is 2.33 bits per heavy atom. The molecule has 1 heterocycles. The van der Waals surface area contributed by atoms with Gasteiger partial charge in [-0.3, -0.25) is 0 Å². The van der Waals surface area contributed by atoms with E-state index in [1.807, 2.05) is 0 Å². The number of hydrogen-bond donors (Lipinski definition) is 2. The summed E-state index contributed by atoms with van der Waals surface area (Å²) < 4.78 is 0. The second-order valence-electron chi connectivity index (χ2n) is 3.28. The number of aliphatic hydroxyl groups is 1. The van der Waals surface area contributed by atoms with Crippen LogP contribution in [0, 0.1) is 0 Å². The lowest BCUT2D eigenvalue weighted by Gasteiger charge is -2.19. The third-order valence-electron chi connectivity index (χ3n) is 2.18. The van der Waals surface area contributed by atoms with Crippen LogP contribution in [0.15, 0.2) is 0 Å². The molecule has 0 aromatic rings. The van der Waals surface area contributed by atoms with Gasteiger partial charge in [0, 0.05) is 19.1 Å². The second-order valence-corrected chi connectivity index (χ2v) is 3.28. The normalized spacial score (nSPS) is 22.8. The standard InChI is InChI=1S/C8H18N2O.ClH/c1-10(5-6-11)7-8-3-2-4-9-8;/h8-9,11H,2-7H2,1H3;1H. The fourth-order valence-electron chi connectivity index (χ4n) is 1.55. The highest BCUT2D eigenvalue weighted by Crippen LogP contribution is 2.05. The van der Waals surface area contributed by atoms with Crippen LogP contribution in [0.1, 0.15) is 12.8 Å². The quantitative estimate of drug-likeness (QED) is 0.666. The number of nitrogens with zero attached hydrogens (tertiary/aromatic N) is 1. The SMILES string of the molecule is CN(CCO)CC1CCCN1.Cl. The van der Waals surface area contributed by atoms with Crippen molar-refractivity contribution in [3.05, 3.63) is 0 Å². The molecule has 0 radical (unpaired) electrons. The van der Waals surface area contributed by atoms with Gasteiger partial charge in [-0.1, -0.05) is 0 Å². The van der Waals surface area contributed by atoms with Crippen LogP contribution in [0.25, 0.3) is 0 Å². The molecule has 0 aromatic heterocycles. The lowest BCUT2D eigenvalue weighted by molar-refractivity contribution is 0.211. The van der Waals surface area contributed by atoms with E-state index in [1.165, 1.54) is 12.8 Å². The number of nitrogens with one attached hydrogen (secondary N) is 1. The highest BCUT2D eigenvalue weighted by atomic mass is 35.5. The number of likely N-dealkylation sites (N-methyl/N-ethyl adjacent to an activating group) is 1. The zero-order valence-electron chi connectivity index (χ0n) is 7.62. The van der Waals surface area contributed by atoms with Crippen molar-refractivity contribution in [3.63, 3.8) is 0 Å². The molecule has 1 aliphatic rings. The first-order valence-corrected chi connectivity index (χ1v) is 4.35. The minimum absolute atomic E-state index is 0. The first-order chi connectivity index (χ1) is 5.33. The Balaban J connectivity index is 0.00000121. The van der Waals surface area contributed by atoms with Gasteiger partial charge in [-0.2, -0.15) is 0 Å². The Morgan fingerprint density at radius 3 is 2.83 bits per heavy atom. The number of rotatable bonds is 4. The predicted molar refractivity (Wildman–Crippen MR) is 52.9 cm³/mol. The maximum absolute atomic E-state index is 8.65. The van der Waals surface area contributed by atoms with E-state index in [1.54, 1.807) is 0 Å². The smallest absolute Gasteiger partial charge is 0.0558 e. The molecule has 1 aliphatic heterocycles. The maximum Gasteiger partial charge on any atom is 0.0558 e. The third-order valence-corrected chi connectivity index (χ3v) is 2.18. The largest absolute Gasteiger partial charge is 0.395 e. The van der Waals surface area contributed by atoms with Crippen molar-refractivity contribution in [2.75, 3.05) is 33.3 Å². The van der Waals surface area contributed by atoms with Gasteiger partial charge in [0.15, 0.2) is 0 Å². The molecule has 4 heteroatoms. The summed E-state index contributed by atoms with van der Waals surface area (Å²) in [5, 5.41) is 12.1. The van der Waals surface area contributed by atoms with E-state index in [0.29, 0.717) is 6.04 Å². The molecule has 74 valence electrons. The highest BCUT2D eigenvalue weighted by Gasteiger charge is 2.14. The molecular weight excluding hydrogens is 176 g/mol. The third kappa shape index (κ3) is 4.26. The Hall–Kier alpha value is 0.170. The van der Waals surface area contributed by atoms with E-state index in [9.17, 15) is 0 Å². The van der Waals surface area contributed by atoms with Crippen molar-refractivity contribution >= 4 is 12.4 Å². The summed E-state index contributed by atoms with van der Waals surface area (Å²) in [5.74, 6) is 0. The molecule has 0 spiro atoms. The predicted octanol–water partition coefficient (Wildman–Crippen LogP) is 0.0843. The second kappa shape index (κ2) is 6.66. The first kappa shape index (κ1) is 12.2. The molecule has 1 unspecified atom stereocenters. The van der Waals surface area contributed by atoms with Crippen molar-refractivity contribution < 1.29 is 5.11 Å². The summed E-state index contributed by atoms with van der Waals surface area (Å²) in [4.78, 5) is 2.17. The highest BCUT2D eigenvalue weighted by molar-refractivity contribution is 5.85. The van der Waals surface area contributed by atoms with Crippen molar-refractivity contribution in [3.8, 4) is 0 Å². The molecule has 0 bridgehead atoms. The Bertz CT molecular complexity index is 107. The van der Waals surface area contributed by atoms with Gasteiger partial charge in [-0.05, 0) is 26.4 Å². The summed E-state index contributed by atoms with van der Waals surface area (Å²) in [6, 6.07) is 0.659. The monoisotopic (exact) mass is 194 g/mol. The van der Waals surface area contributed by atoms with Gasteiger partial charge in [0.1, 0.15) is 0 Å². The van der Waals surface area contributed by atoms with Crippen LogP contribution >= 0.6 is 12.4 Å². The van der Waals surface area contributed by atoms with Crippen LogP contribution < -0.4 is 5.32 Å². The van der Waals surface area contributed by atoms with E-state index in [0.717, 1.165) is 19.6 Å². The molecular formula is C8H19ClN2O. The van der Waals surface area contributed by atoms with Crippen molar-refractivity contribution in [1.82, 2.24) is 10.2 Å². The lowest BCUT2D eigenvalue weighted by atomic mass is 10.2. The van der Waals surface area contributed by atoms with Gasteiger partial charge in [0.05, 0.1) is 6.61 Å². The molecule has 0 aromatic carbocycles. The van der Waals surface area contributed by atoms with Crippen LogP contribution in [0.5, 0.6) is 0 Å². The van der Waals surface area contributed by atoms with Gasteiger partial charge in [0.25, 0.3) is 0 Å². The number of halogens is 1. The van der Waals surface area contributed by atoms with Crippen molar-refractivity contribution in [2.45, 2.75) is 18.9 Å². The summed E-state index contributed by atoms with van der Waals surface area (Å²) in [6.45, 7) is 3.29. The maximum atomic E-state index is 8.65. The molecule has 0 saturated carbocycles. The molecule has 0 aliphatic carbocycles. The lowest BCUT2D eigenvalue weighted by Crippen LogP contribution is -2.36. The number of aliphatic hydroxyl groups excluding tert-OH is 1. The summed E-state index contributed by atoms with van der Waals surface area (Å²) >= 11 is 0. The molecule has 1 fully saturated rings. The van der Waals surface area contributed by atoms with Crippen LogP contribution in [0.3, 0.4) is 0 Å². The molecule has 12 heavy (non-hydrogen) atoms. The molecule has 0 amide bonds. The van der Waals surface area contributed by atoms with Crippen molar-refractivity contribution in [1.29, 1.82) is 0 Å². The van der Waals surface area contributed by atoms with E-state index >= 15 is 0 Å². The zero-order chi connectivity index (χ0) is 8.10. The fourth-order valence-corrected chi connectivity index (χ4v) is 1.55. The van der Waals surface area contributed by atoms with Gasteiger partial charge >= 0.3 is 0 Å². The van der Waals surface area contributed by atoms with E-state index in [-0.39, 0.29) is 19.0 Å². The van der Waals surface area contributed by atoms with Crippen LogP contribution in [0.4, 0.5) is 0 Å². The van der Waals surface area contributed by atoms with Gasteiger partial charge in [-0.15, -0.1) is 12.4 Å². The molecule has 1 rings (SSSR count). The van der Waals surface area contributed by atoms with Gasteiger partial charge in [-0.25, -0.2) is 0 Å². The topological polar surface area (TPSA) is 35.5 Å². The molecule has 1 saturated heterocycles. The zero-order valence-corrected chi connectivity index (χ0v) is 8.44. The van der Waals surface area contributed by atoms with Crippen LogP contribution in [-0.4, -0.2) is 49.3 Å². The van der Waals surface area contributed by atoms with E-state index in [2.05, 4.69) is 17.3 Å². The van der Waals surface area contributed by atoms with E-state index in [4.69, 9.17) is 5.11 Å². The average molecular weight is 195 g/mol.